The molecule has 0 radical (unpaired) electrons. The zero-order valence-electron chi connectivity index (χ0n) is 10.4. The second-order valence-electron chi connectivity index (χ2n) is 4.95. The second-order valence-corrected chi connectivity index (χ2v) is 6.86. The minimum Gasteiger partial charge on any atom is -0.316 e. The first-order valence-electron chi connectivity index (χ1n) is 5.49. The molecule has 0 aliphatic rings. The van der Waals surface area contributed by atoms with Gasteiger partial charge < -0.3 is 5.32 Å². The van der Waals surface area contributed by atoms with Crippen LogP contribution in [-0.4, -0.2) is 18.8 Å². The summed E-state index contributed by atoms with van der Waals surface area (Å²) in [6, 6.07) is 8.90. The van der Waals surface area contributed by atoms with E-state index in [0.29, 0.717) is 11.5 Å². The fourth-order valence-corrected chi connectivity index (χ4v) is 3.52. The molecule has 1 rings (SSSR count). The molecule has 16 heavy (non-hydrogen) atoms. The monoisotopic (exact) mass is 301 g/mol. The third kappa shape index (κ3) is 4.11. The molecule has 0 saturated carbocycles. The van der Waals surface area contributed by atoms with Crippen LogP contribution in [-0.2, 0) is 0 Å². The maximum absolute atomic E-state index is 3.58. The molecule has 0 aliphatic heterocycles. The fourth-order valence-electron chi connectivity index (χ4n) is 1.50. The van der Waals surface area contributed by atoms with Crippen LogP contribution in [0, 0.1) is 5.41 Å². The van der Waals surface area contributed by atoms with Gasteiger partial charge in [-0.25, -0.2) is 0 Å². The summed E-state index contributed by atoms with van der Waals surface area (Å²) in [7, 11) is 2.04. The Labute approximate surface area is 112 Å². The molecule has 90 valence electrons. The third-order valence-electron chi connectivity index (χ3n) is 2.64. The van der Waals surface area contributed by atoms with Gasteiger partial charge in [0.15, 0.2) is 0 Å². The smallest absolute Gasteiger partial charge is 0.0311 e. The van der Waals surface area contributed by atoms with Crippen molar-refractivity contribution in [1.29, 1.82) is 0 Å². The van der Waals surface area contributed by atoms with E-state index in [9.17, 15) is 0 Å². The molecule has 0 amide bonds. The van der Waals surface area contributed by atoms with E-state index < -0.39 is 0 Å². The number of nitrogens with one attached hydrogen (secondary N) is 1. The highest BCUT2D eigenvalue weighted by atomic mass is 79.9. The van der Waals surface area contributed by atoms with E-state index in [0.717, 1.165) is 5.75 Å². The summed E-state index contributed by atoms with van der Waals surface area (Å²) in [4.78, 5) is 1.31. The van der Waals surface area contributed by atoms with Crippen LogP contribution >= 0.6 is 27.7 Å². The van der Waals surface area contributed by atoms with Crippen molar-refractivity contribution in [2.45, 2.75) is 31.7 Å². The van der Waals surface area contributed by atoms with E-state index in [1.807, 2.05) is 24.9 Å². The topological polar surface area (TPSA) is 12.0 Å². The van der Waals surface area contributed by atoms with Crippen molar-refractivity contribution in [2.75, 3.05) is 12.8 Å². The fraction of sp³-hybridized carbons (Fsp3) is 0.538. The van der Waals surface area contributed by atoms with E-state index in [4.69, 9.17) is 0 Å². The van der Waals surface area contributed by atoms with E-state index in [2.05, 4.69) is 60.2 Å². The minimum atomic E-state index is 0.295. The van der Waals surface area contributed by atoms with Gasteiger partial charge >= 0.3 is 0 Å². The molecule has 1 aromatic carbocycles. The van der Waals surface area contributed by atoms with Crippen molar-refractivity contribution in [1.82, 2.24) is 5.32 Å². The molecule has 1 unspecified atom stereocenters. The summed E-state index contributed by atoms with van der Waals surface area (Å²) < 4.78 is 1.18. The molecule has 1 nitrogen and oxygen atoms in total. The van der Waals surface area contributed by atoms with E-state index in [1.165, 1.54) is 9.37 Å². The average Bonchev–Trinajstić information content (AvgIpc) is 2.19. The van der Waals surface area contributed by atoms with Crippen LogP contribution in [0.1, 0.15) is 20.8 Å². The maximum atomic E-state index is 3.58. The molecule has 3 heteroatoms. The Hall–Kier alpha value is 0.01000. The zero-order chi connectivity index (χ0) is 12.2. The largest absolute Gasteiger partial charge is 0.316 e. The highest BCUT2D eigenvalue weighted by Gasteiger charge is 2.22. The second kappa shape index (κ2) is 6.08. The van der Waals surface area contributed by atoms with Gasteiger partial charge in [0.25, 0.3) is 0 Å². The van der Waals surface area contributed by atoms with Gasteiger partial charge in [-0.2, -0.15) is 0 Å². The van der Waals surface area contributed by atoms with Crippen LogP contribution in [0.3, 0.4) is 0 Å². The Bertz CT molecular complexity index is 333. The molecule has 0 spiro atoms. The van der Waals surface area contributed by atoms with Gasteiger partial charge in [0.05, 0.1) is 0 Å². The summed E-state index contributed by atoms with van der Waals surface area (Å²) in [6.07, 6.45) is 0. The van der Waals surface area contributed by atoms with Crippen molar-refractivity contribution in [3.8, 4) is 0 Å². The lowest BCUT2D eigenvalue weighted by Gasteiger charge is -2.30. The summed E-state index contributed by atoms with van der Waals surface area (Å²) >= 11 is 5.47. The number of thioether (sulfide) groups is 1. The van der Waals surface area contributed by atoms with Crippen LogP contribution in [0.5, 0.6) is 0 Å². The lowest BCUT2D eigenvalue weighted by Crippen LogP contribution is -2.40. The van der Waals surface area contributed by atoms with Crippen LogP contribution in [0.2, 0.25) is 0 Å². The predicted octanol–water partition coefficient (Wildman–Crippen LogP) is 4.18. The summed E-state index contributed by atoms with van der Waals surface area (Å²) in [5.74, 6) is 1.09. The van der Waals surface area contributed by atoms with Gasteiger partial charge in [-0.3, -0.25) is 0 Å². The molecule has 0 saturated heterocycles. The molecule has 0 aliphatic carbocycles. The highest BCUT2D eigenvalue weighted by molar-refractivity contribution is 9.10. The maximum Gasteiger partial charge on any atom is 0.0311 e. The van der Waals surface area contributed by atoms with Gasteiger partial charge in [0.1, 0.15) is 0 Å². The number of rotatable bonds is 4. The van der Waals surface area contributed by atoms with Crippen molar-refractivity contribution in [3.63, 3.8) is 0 Å². The lowest BCUT2D eigenvalue weighted by molar-refractivity contribution is 0.305. The number of halogens is 1. The Morgan fingerprint density at radius 2 is 1.94 bits per heavy atom. The third-order valence-corrected chi connectivity index (χ3v) is 4.76. The average molecular weight is 302 g/mol. The highest BCUT2D eigenvalue weighted by Crippen LogP contribution is 2.30. The summed E-state index contributed by atoms with van der Waals surface area (Å²) in [5.41, 5.74) is 0.295. The number of hydrogen-bond acceptors (Lipinski definition) is 2. The van der Waals surface area contributed by atoms with Gasteiger partial charge in [0.2, 0.25) is 0 Å². The van der Waals surface area contributed by atoms with Gasteiger partial charge in [-0.05, 0) is 40.5 Å². The summed E-state index contributed by atoms with van der Waals surface area (Å²) in [6.45, 7) is 6.82. The first kappa shape index (κ1) is 14.1. The first-order valence-corrected chi connectivity index (χ1v) is 7.27. The molecular weight excluding hydrogens is 282 g/mol. The Balaban J connectivity index is 2.60. The Kier molecular flexibility index (Phi) is 5.35. The molecule has 1 atom stereocenters. The lowest BCUT2D eigenvalue weighted by atomic mass is 9.88. The molecule has 0 bridgehead atoms. The Morgan fingerprint density at radius 3 is 2.44 bits per heavy atom. The van der Waals surface area contributed by atoms with Gasteiger partial charge in [0, 0.05) is 21.2 Å². The molecule has 0 aromatic heterocycles. The van der Waals surface area contributed by atoms with Crippen molar-refractivity contribution < 1.29 is 0 Å². The SMILES string of the molecule is CNC(CSc1ccccc1Br)C(C)(C)C. The van der Waals surface area contributed by atoms with Crippen molar-refractivity contribution in [3.05, 3.63) is 28.7 Å². The molecule has 0 fully saturated rings. The van der Waals surface area contributed by atoms with E-state index >= 15 is 0 Å². The van der Waals surface area contributed by atoms with Gasteiger partial charge in [-0.15, -0.1) is 11.8 Å². The van der Waals surface area contributed by atoms with Crippen LogP contribution < -0.4 is 5.32 Å². The summed E-state index contributed by atoms with van der Waals surface area (Å²) in [5, 5.41) is 3.40. The first-order chi connectivity index (χ1) is 7.45. The van der Waals surface area contributed by atoms with E-state index in [-0.39, 0.29) is 0 Å². The van der Waals surface area contributed by atoms with Crippen molar-refractivity contribution in [2.24, 2.45) is 5.41 Å². The molecule has 1 N–H and O–H groups in total. The molecule has 1 aromatic rings. The standard InChI is InChI=1S/C13H20BrNS/c1-13(2,3)12(15-4)9-16-11-8-6-5-7-10(11)14/h5-8,12,15H,9H2,1-4H3. The van der Waals surface area contributed by atoms with Crippen LogP contribution in [0.4, 0.5) is 0 Å². The zero-order valence-corrected chi connectivity index (χ0v) is 12.8. The number of hydrogen-bond donors (Lipinski definition) is 1. The number of benzene rings is 1. The minimum absolute atomic E-state index is 0.295. The van der Waals surface area contributed by atoms with E-state index in [1.54, 1.807) is 0 Å². The normalized spacial score (nSPS) is 13.8. The predicted molar refractivity (Wildman–Crippen MR) is 77.2 cm³/mol. The quantitative estimate of drug-likeness (QED) is 0.838. The van der Waals surface area contributed by atoms with Gasteiger partial charge in [-0.1, -0.05) is 32.9 Å². The van der Waals surface area contributed by atoms with Crippen molar-refractivity contribution >= 4 is 27.7 Å². The molecular formula is C13H20BrNS. The van der Waals surface area contributed by atoms with Crippen LogP contribution in [0.25, 0.3) is 0 Å². The van der Waals surface area contributed by atoms with Crippen LogP contribution in [0.15, 0.2) is 33.6 Å². The molecule has 0 heterocycles. The Morgan fingerprint density at radius 1 is 1.31 bits per heavy atom.